The van der Waals surface area contributed by atoms with E-state index in [0.29, 0.717) is 0 Å². The molecule has 0 heterocycles. The van der Waals surface area contributed by atoms with Gasteiger partial charge in [0.05, 0.1) is 0 Å². The smallest absolute Gasteiger partial charge is 1.00 e. The van der Waals surface area contributed by atoms with Gasteiger partial charge in [0.15, 0.2) is 0 Å². The molecule has 0 aromatic rings. The van der Waals surface area contributed by atoms with Crippen LogP contribution in [-0.4, -0.2) is 115 Å². The van der Waals surface area contributed by atoms with E-state index in [0.717, 1.165) is 0 Å². The van der Waals surface area contributed by atoms with Gasteiger partial charge in [0.25, 0.3) is 0 Å². The molecule has 0 fully saturated rings. The maximum Gasteiger partial charge on any atom is 2.00 e. The molecule has 0 bridgehead atoms. The van der Waals surface area contributed by atoms with E-state index in [9.17, 15) is 0 Å². The van der Waals surface area contributed by atoms with Gasteiger partial charge in [0, 0.05) is 26.2 Å². The standard InChI is InChI=1S/Bi.Ca.H2O.Sr.4H/h;;1H2;;;;;/q;+2;;+2;4*-1. The van der Waals surface area contributed by atoms with Crippen molar-refractivity contribution in [3.63, 3.8) is 0 Å². The number of hydrogen-bond donors (Lipinski definition) is 0. The zero-order valence-electron chi connectivity index (χ0n) is 6.36. The van der Waals surface area contributed by atoms with Crippen LogP contribution < -0.4 is 0 Å². The van der Waals surface area contributed by atoms with Crippen LogP contribution >= 0.6 is 0 Å². The van der Waals surface area contributed by atoms with Crippen LogP contribution in [0, 0.1) is 0 Å². The fourth-order valence-electron chi connectivity index (χ4n) is 0. The van der Waals surface area contributed by atoms with Crippen molar-refractivity contribution in [3.05, 3.63) is 0 Å². The molecule has 2 N–H and O–H groups in total. The number of rotatable bonds is 0. The van der Waals surface area contributed by atoms with Crippen molar-refractivity contribution in [2.24, 2.45) is 0 Å². The molecule has 0 aromatic heterocycles. The molecule has 0 aliphatic heterocycles. The van der Waals surface area contributed by atoms with E-state index in [2.05, 4.69) is 0 Å². The summed E-state index contributed by atoms with van der Waals surface area (Å²) in [4.78, 5) is 0. The first-order chi connectivity index (χ1) is 0. The molecule has 0 aromatic carbocycles. The Balaban J connectivity index is 0. The zero-order valence-corrected chi connectivity index (χ0v) is 11.5. The van der Waals surface area contributed by atoms with Crippen LogP contribution in [0.15, 0.2) is 0 Å². The van der Waals surface area contributed by atoms with Crippen molar-refractivity contribution in [2.75, 3.05) is 0 Å². The van der Waals surface area contributed by atoms with E-state index in [1.807, 2.05) is 0 Å². The Labute approximate surface area is 118 Å². The normalized spacial score (nSPS) is 0. The van der Waals surface area contributed by atoms with Crippen LogP contribution in [0.25, 0.3) is 0 Å². The summed E-state index contributed by atoms with van der Waals surface area (Å²) in [7, 11) is 0. The molecular weight excluding hydrogens is 353 g/mol. The van der Waals surface area contributed by atoms with Gasteiger partial charge in [0.1, 0.15) is 0 Å². The Bertz CT molecular complexity index is 16.0. The van der Waals surface area contributed by atoms with Crippen molar-refractivity contribution < 1.29 is 11.2 Å². The van der Waals surface area contributed by atoms with Crippen LogP contribution in [-0.2, 0) is 0 Å². The summed E-state index contributed by atoms with van der Waals surface area (Å²) in [6.07, 6.45) is 0. The van der Waals surface area contributed by atoms with Gasteiger partial charge in [-0.3, -0.25) is 0 Å². The van der Waals surface area contributed by atoms with E-state index in [-0.39, 0.29) is 121 Å². The molecule has 0 aliphatic rings. The van der Waals surface area contributed by atoms with E-state index in [1.165, 1.54) is 0 Å². The van der Waals surface area contributed by atoms with Crippen molar-refractivity contribution >= 4 is 109 Å². The Morgan fingerprint density at radius 3 is 1.25 bits per heavy atom. The molecule has 0 atom stereocenters. The van der Waals surface area contributed by atoms with Gasteiger partial charge in [-0.15, -0.1) is 0 Å². The molecule has 0 saturated carbocycles. The van der Waals surface area contributed by atoms with Crippen molar-refractivity contribution in [2.45, 2.75) is 0 Å². The van der Waals surface area contributed by atoms with Crippen LogP contribution in [0.1, 0.15) is 5.71 Å². The molecule has 4 heteroatoms. The largest absolute Gasteiger partial charge is 2.00 e. The van der Waals surface area contributed by atoms with Crippen LogP contribution in [0.5, 0.6) is 0 Å². The Hall–Kier alpha value is 3.58. The van der Waals surface area contributed by atoms with Gasteiger partial charge in [-0.05, 0) is 0 Å². The van der Waals surface area contributed by atoms with Crippen molar-refractivity contribution in [1.29, 1.82) is 0 Å². The monoisotopic (exact) mass is 359 g/mol. The minimum absolute atomic E-state index is 0. The second kappa shape index (κ2) is 16.0. The maximum atomic E-state index is 0. The molecule has 0 unspecified atom stereocenters. The Kier molecular flexibility index (Phi) is 102. The molecule has 21 valence electrons. The first-order valence-electron chi connectivity index (χ1n) is 0. The first-order valence-corrected chi connectivity index (χ1v) is 0. The van der Waals surface area contributed by atoms with Crippen LogP contribution in [0.4, 0.5) is 0 Å². The summed E-state index contributed by atoms with van der Waals surface area (Å²) in [5.74, 6) is 0. The van der Waals surface area contributed by atoms with E-state index in [4.69, 9.17) is 0 Å². The van der Waals surface area contributed by atoms with E-state index < -0.39 is 0 Å². The molecule has 0 spiro atoms. The summed E-state index contributed by atoms with van der Waals surface area (Å²) < 4.78 is 0. The molecule has 0 amide bonds. The third-order valence-electron chi connectivity index (χ3n) is 0. The van der Waals surface area contributed by atoms with Gasteiger partial charge in [0.2, 0.25) is 0 Å². The van der Waals surface area contributed by atoms with E-state index >= 15 is 0 Å². The summed E-state index contributed by atoms with van der Waals surface area (Å²) in [6, 6.07) is 0. The summed E-state index contributed by atoms with van der Waals surface area (Å²) >= 11 is 0. The molecule has 0 saturated heterocycles. The second-order valence-electron chi connectivity index (χ2n) is 0. The molecule has 1 nitrogen and oxygen atoms in total. The predicted molar refractivity (Wildman–Crippen MR) is 25.3 cm³/mol. The summed E-state index contributed by atoms with van der Waals surface area (Å²) in [6.45, 7) is 0. The van der Waals surface area contributed by atoms with Crippen LogP contribution in [0.2, 0.25) is 0 Å². The molecule has 4 heavy (non-hydrogen) atoms. The van der Waals surface area contributed by atoms with Gasteiger partial charge >= 0.3 is 83.2 Å². The van der Waals surface area contributed by atoms with Crippen molar-refractivity contribution in [3.8, 4) is 0 Å². The average molecular weight is 359 g/mol. The first kappa shape index (κ1) is 25.6. The molecule has 0 rings (SSSR count). The average Bonchev–Trinajstić information content (AvgIpc) is 0. The van der Waals surface area contributed by atoms with Gasteiger partial charge in [-0.2, -0.15) is 0 Å². The SMILES string of the molecule is O.[Bi].[Ca+2].[H-].[H-].[H-].[H-].[Sr+2]. The van der Waals surface area contributed by atoms with Gasteiger partial charge in [-0.1, -0.05) is 0 Å². The second-order valence-corrected chi connectivity index (χ2v) is 0. The zero-order chi connectivity index (χ0) is 0. The quantitative estimate of drug-likeness (QED) is 0.471. The summed E-state index contributed by atoms with van der Waals surface area (Å²) in [5.41, 5.74) is 0. The Morgan fingerprint density at radius 1 is 1.25 bits per heavy atom. The topological polar surface area (TPSA) is 31.5 Å². The third kappa shape index (κ3) is 9.13. The van der Waals surface area contributed by atoms with Gasteiger partial charge in [-0.25, -0.2) is 0 Å². The third-order valence-corrected chi connectivity index (χ3v) is 0. The molecule has 3 radical (unpaired) electrons. The maximum absolute atomic E-state index is 0. The number of hydrogen-bond acceptors (Lipinski definition) is 0. The van der Waals surface area contributed by atoms with Crippen LogP contribution in [0.3, 0.4) is 0 Å². The molecular formula is H6BiCaOSr. The fraction of sp³-hybridized carbons (Fsp3) is 0. The molecule has 0 aliphatic carbocycles. The minimum atomic E-state index is 0. The van der Waals surface area contributed by atoms with Crippen molar-refractivity contribution in [1.82, 2.24) is 0 Å². The van der Waals surface area contributed by atoms with E-state index in [1.54, 1.807) is 0 Å². The minimum Gasteiger partial charge on any atom is -1.00 e. The Morgan fingerprint density at radius 2 is 1.25 bits per heavy atom. The fourth-order valence-corrected chi connectivity index (χ4v) is 0. The predicted octanol–water partition coefficient (Wildman–Crippen LogP) is -1.52. The summed E-state index contributed by atoms with van der Waals surface area (Å²) in [5, 5.41) is 0. The van der Waals surface area contributed by atoms with Gasteiger partial charge < -0.3 is 11.2 Å².